The molecule has 1 saturated heterocycles. The summed E-state index contributed by atoms with van der Waals surface area (Å²) in [4.78, 5) is 13.5. The van der Waals surface area contributed by atoms with Crippen LogP contribution in [0.25, 0.3) is 0 Å². The van der Waals surface area contributed by atoms with Gasteiger partial charge in [0.05, 0.1) is 5.60 Å². The molecular formula is C13H26N2O2. The molecule has 1 fully saturated rings. The van der Waals surface area contributed by atoms with Gasteiger partial charge in [-0.15, -0.1) is 0 Å². The molecule has 0 aromatic heterocycles. The first kappa shape index (κ1) is 14.5. The maximum Gasteiger partial charge on any atom is 0.222 e. The van der Waals surface area contributed by atoms with Crippen LogP contribution >= 0.6 is 0 Å². The molecule has 0 spiro atoms. The van der Waals surface area contributed by atoms with Gasteiger partial charge in [0.1, 0.15) is 0 Å². The van der Waals surface area contributed by atoms with Gasteiger partial charge in [0.15, 0.2) is 0 Å². The van der Waals surface area contributed by atoms with Crippen LogP contribution in [0.15, 0.2) is 0 Å². The van der Waals surface area contributed by atoms with Crippen molar-refractivity contribution in [1.29, 1.82) is 0 Å². The lowest BCUT2D eigenvalue weighted by molar-refractivity contribution is -0.128. The summed E-state index contributed by atoms with van der Waals surface area (Å²) in [6.07, 6.45) is 1.72. The molecule has 0 saturated carbocycles. The third kappa shape index (κ3) is 3.96. The van der Waals surface area contributed by atoms with Crippen molar-refractivity contribution in [3.63, 3.8) is 0 Å². The van der Waals surface area contributed by atoms with Crippen LogP contribution in [-0.2, 0) is 9.53 Å². The summed E-state index contributed by atoms with van der Waals surface area (Å²) in [6, 6.07) is 0.543. The first-order valence-electron chi connectivity index (χ1n) is 6.46. The molecule has 1 aliphatic rings. The van der Waals surface area contributed by atoms with E-state index in [1.807, 2.05) is 4.90 Å². The van der Waals surface area contributed by atoms with E-state index in [2.05, 4.69) is 33.0 Å². The first-order chi connectivity index (χ1) is 7.86. The van der Waals surface area contributed by atoms with Gasteiger partial charge < -0.3 is 15.0 Å². The molecule has 1 N–H and O–H groups in total. The molecule has 4 heteroatoms. The lowest BCUT2D eigenvalue weighted by Gasteiger charge is -2.34. The second-order valence-electron chi connectivity index (χ2n) is 5.54. The van der Waals surface area contributed by atoms with Crippen LogP contribution in [0.4, 0.5) is 0 Å². The second-order valence-corrected chi connectivity index (χ2v) is 5.54. The highest BCUT2D eigenvalue weighted by atomic mass is 16.5. The smallest absolute Gasteiger partial charge is 0.222 e. The molecule has 100 valence electrons. The van der Waals surface area contributed by atoms with E-state index in [0.29, 0.717) is 12.5 Å². The third-order valence-corrected chi connectivity index (χ3v) is 3.77. The highest BCUT2D eigenvalue weighted by molar-refractivity contribution is 5.78. The summed E-state index contributed by atoms with van der Waals surface area (Å²) in [5, 5.41) is 3.50. The van der Waals surface area contributed by atoms with Crippen LogP contribution in [0.3, 0.4) is 0 Å². The average molecular weight is 242 g/mol. The summed E-state index contributed by atoms with van der Waals surface area (Å²) in [6.45, 7) is 10.1. The minimum absolute atomic E-state index is 0.191. The Hall–Kier alpha value is -0.610. The van der Waals surface area contributed by atoms with Gasteiger partial charge in [-0.3, -0.25) is 4.79 Å². The Morgan fingerprint density at radius 2 is 2.12 bits per heavy atom. The predicted octanol–water partition coefficient (Wildman–Crippen LogP) is 1.40. The maximum atomic E-state index is 11.5. The fourth-order valence-corrected chi connectivity index (χ4v) is 2.08. The molecule has 17 heavy (non-hydrogen) atoms. The van der Waals surface area contributed by atoms with E-state index in [1.165, 1.54) is 0 Å². The van der Waals surface area contributed by atoms with Gasteiger partial charge in [0.25, 0.3) is 0 Å². The summed E-state index contributed by atoms with van der Waals surface area (Å²) < 4.78 is 5.45. The van der Waals surface area contributed by atoms with Crippen LogP contribution in [0.5, 0.6) is 0 Å². The van der Waals surface area contributed by atoms with Crippen molar-refractivity contribution in [1.82, 2.24) is 10.2 Å². The van der Waals surface area contributed by atoms with Crippen LogP contribution in [-0.4, -0.2) is 48.7 Å². The minimum atomic E-state index is -0.191. The number of amides is 1. The van der Waals surface area contributed by atoms with E-state index < -0.39 is 0 Å². The molecule has 0 radical (unpaired) electrons. The van der Waals surface area contributed by atoms with Crippen molar-refractivity contribution in [2.24, 2.45) is 0 Å². The fourth-order valence-electron chi connectivity index (χ4n) is 2.08. The van der Waals surface area contributed by atoms with Gasteiger partial charge in [-0.1, -0.05) is 0 Å². The van der Waals surface area contributed by atoms with Crippen molar-refractivity contribution in [3.8, 4) is 0 Å². The monoisotopic (exact) mass is 242 g/mol. The van der Waals surface area contributed by atoms with E-state index in [1.54, 1.807) is 7.11 Å². The Morgan fingerprint density at radius 3 is 2.59 bits per heavy atom. The number of rotatable bonds is 6. The molecule has 2 unspecified atom stereocenters. The quantitative estimate of drug-likeness (QED) is 0.765. The van der Waals surface area contributed by atoms with Crippen molar-refractivity contribution >= 4 is 5.91 Å². The van der Waals surface area contributed by atoms with E-state index in [9.17, 15) is 4.79 Å². The molecule has 0 aliphatic carbocycles. The Bertz CT molecular complexity index is 266. The van der Waals surface area contributed by atoms with Crippen LogP contribution in [0, 0.1) is 0 Å². The molecule has 1 aliphatic heterocycles. The normalized spacial score (nSPS) is 20.8. The number of methoxy groups -OCH3 is 1. The highest BCUT2D eigenvalue weighted by Gasteiger charge is 2.28. The van der Waals surface area contributed by atoms with Crippen molar-refractivity contribution in [2.45, 2.75) is 58.2 Å². The third-order valence-electron chi connectivity index (χ3n) is 3.77. The van der Waals surface area contributed by atoms with Gasteiger partial charge in [-0.25, -0.2) is 0 Å². The first-order valence-corrected chi connectivity index (χ1v) is 6.46. The van der Waals surface area contributed by atoms with Crippen molar-refractivity contribution < 1.29 is 9.53 Å². The molecular weight excluding hydrogens is 216 g/mol. The van der Waals surface area contributed by atoms with Crippen LogP contribution in [0.2, 0.25) is 0 Å². The minimum Gasteiger partial charge on any atom is -0.377 e. The van der Waals surface area contributed by atoms with Gasteiger partial charge >= 0.3 is 0 Å². The standard InChI is InChI=1S/C13H26N2O2/c1-10(9-15-8-6-7-12(15)16)14-11(2)13(3,4)17-5/h10-11,14H,6-9H2,1-5H3. The van der Waals surface area contributed by atoms with E-state index in [0.717, 1.165) is 19.5 Å². The number of nitrogens with zero attached hydrogens (tertiary/aromatic N) is 1. The van der Waals surface area contributed by atoms with Gasteiger partial charge in [0.2, 0.25) is 5.91 Å². The molecule has 2 atom stereocenters. The Morgan fingerprint density at radius 1 is 1.47 bits per heavy atom. The molecule has 0 aromatic carbocycles. The largest absolute Gasteiger partial charge is 0.377 e. The summed E-state index contributed by atoms with van der Waals surface area (Å²) in [5.74, 6) is 0.289. The van der Waals surface area contributed by atoms with Crippen LogP contribution < -0.4 is 5.32 Å². The summed E-state index contributed by atoms with van der Waals surface area (Å²) in [7, 11) is 1.73. The fraction of sp³-hybridized carbons (Fsp3) is 0.923. The molecule has 0 aromatic rings. The maximum absolute atomic E-state index is 11.5. The zero-order chi connectivity index (χ0) is 13.1. The zero-order valence-electron chi connectivity index (χ0n) is 11.7. The lowest BCUT2D eigenvalue weighted by atomic mass is 9.99. The average Bonchev–Trinajstić information content (AvgIpc) is 2.64. The van der Waals surface area contributed by atoms with Gasteiger partial charge in [-0.2, -0.15) is 0 Å². The van der Waals surface area contributed by atoms with Crippen LogP contribution in [0.1, 0.15) is 40.5 Å². The van der Waals surface area contributed by atoms with Crippen molar-refractivity contribution in [2.75, 3.05) is 20.2 Å². The highest BCUT2D eigenvalue weighted by Crippen LogP contribution is 2.15. The molecule has 1 amide bonds. The number of hydrogen-bond donors (Lipinski definition) is 1. The zero-order valence-corrected chi connectivity index (χ0v) is 11.7. The van der Waals surface area contributed by atoms with E-state index in [-0.39, 0.29) is 17.6 Å². The number of carbonyl (C=O) groups is 1. The SMILES string of the molecule is COC(C)(C)C(C)NC(C)CN1CCCC1=O. The number of carbonyl (C=O) groups excluding carboxylic acids is 1. The lowest BCUT2D eigenvalue weighted by Crippen LogP contribution is -2.52. The summed E-state index contributed by atoms with van der Waals surface area (Å²) in [5.41, 5.74) is -0.191. The number of hydrogen-bond acceptors (Lipinski definition) is 3. The number of nitrogens with one attached hydrogen (secondary N) is 1. The second kappa shape index (κ2) is 5.83. The Kier molecular flexibility index (Phi) is 4.95. The molecule has 1 heterocycles. The predicted molar refractivity (Wildman–Crippen MR) is 69.0 cm³/mol. The summed E-state index contributed by atoms with van der Waals surface area (Å²) >= 11 is 0. The van der Waals surface area contributed by atoms with Crippen molar-refractivity contribution in [3.05, 3.63) is 0 Å². The number of ether oxygens (including phenoxy) is 1. The van der Waals surface area contributed by atoms with E-state index in [4.69, 9.17) is 4.74 Å². The molecule has 0 bridgehead atoms. The molecule has 1 rings (SSSR count). The van der Waals surface area contributed by atoms with E-state index >= 15 is 0 Å². The number of likely N-dealkylation sites (tertiary alicyclic amines) is 1. The van der Waals surface area contributed by atoms with Gasteiger partial charge in [-0.05, 0) is 34.1 Å². The Labute approximate surface area is 105 Å². The van der Waals surface area contributed by atoms with Gasteiger partial charge in [0, 0.05) is 38.7 Å². The molecule has 4 nitrogen and oxygen atoms in total. The Balaban J connectivity index is 2.38. The topological polar surface area (TPSA) is 41.6 Å².